The van der Waals surface area contributed by atoms with E-state index in [9.17, 15) is 14.0 Å². The Bertz CT molecular complexity index is 1870. The first-order chi connectivity index (χ1) is 21.9. The van der Waals surface area contributed by atoms with Crippen LogP contribution in [0.4, 0.5) is 20.8 Å². The van der Waals surface area contributed by atoms with Gasteiger partial charge in [-0.2, -0.15) is 10.2 Å². The monoisotopic (exact) mass is 608 g/mol. The lowest BCUT2D eigenvalue weighted by atomic mass is 10.0. The average Bonchev–Trinajstić information content (AvgIpc) is 3.44. The lowest BCUT2D eigenvalue weighted by molar-refractivity contribution is -0.120. The molecular formula is C31H29FN10O3. The first-order valence-electron chi connectivity index (χ1n) is 14.6. The third-order valence-corrected chi connectivity index (χ3v) is 8.00. The lowest BCUT2D eigenvalue weighted by Crippen LogP contribution is -2.50. The SMILES string of the molecule is Nc1ncnc2c1c(-c1ccc(Oc3ccccc3)cc1)nn2C1CCN(Cc2cc(F)c(N3CCC(=O)NC3=O)nn2)CC1. The number of benzene rings is 2. The van der Waals surface area contributed by atoms with Crippen molar-refractivity contribution < 1.29 is 18.7 Å². The number of hydrogen-bond donors (Lipinski definition) is 2. The quantitative estimate of drug-likeness (QED) is 0.276. The Balaban J connectivity index is 1.05. The third-order valence-electron chi connectivity index (χ3n) is 8.00. The zero-order chi connectivity index (χ0) is 30.9. The van der Waals surface area contributed by atoms with Crippen LogP contribution < -0.4 is 20.7 Å². The smallest absolute Gasteiger partial charge is 0.329 e. The van der Waals surface area contributed by atoms with Crippen molar-refractivity contribution in [2.45, 2.75) is 31.8 Å². The molecule has 2 fully saturated rings. The van der Waals surface area contributed by atoms with E-state index in [1.54, 1.807) is 0 Å². The Hall–Kier alpha value is -5.50. The number of rotatable bonds is 7. The summed E-state index contributed by atoms with van der Waals surface area (Å²) in [4.78, 5) is 35.5. The minimum absolute atomic E-state index is 0.0531. The molecule has 2 aliphatic rings. The number of carbonyl (C=O) groups excluding carboxylic acids is 2. The summed E-state index contributed by atoms with van der Waals surface area (Å²) in [6, 6.07) is 17.9. The molecule has 0 aliphatic carbocycles. The molecule has 13 nitrogen and oxygen atoms in total. The van der Waals surface area contributed by atoms with E-state index in [1.807, 2.05) is 59.3 Å². The van der Waals surface area contributed by atoms with Crippen molar-refractivity contribution in [1.82, 2.24) is 40.2 Å². The number of hydrogen-bond acceptors (Lipinski definition) is 10. The molecule has 3 amide bonds. The number of nitrogens with zero attached hydrogens (tertiary/aromatic N) is 8. The molecule has 5 aromatic rings. The first-order valence-corrected chi connectivity index (χ1v) is 14.6. The number of aromatic nitrogens is 6. The van der Waals surface area contributed by atoms with E-state index >= 15 is 0 Å². The standard InChI is InChI=1S/C31H29FN10O3/c32-24-16-20(37-38-29(24)41-15-12-25(43)36-31(41)44)17-40-13-10-21(11-14-40)42-30-26(28(33)34-18-35-30)27(39-42)19-6-8-23(9-7-19)45-22-4-2-1-3-5-22/h1-9,16,18,21H,10-15,17H2,(H2,33,34,35)(H,36,43,44). The van der Waals surface area contributed by atoms with Crippen LogP contribution in [0.3, 0.4) is 0 Å². The summed E-state index contributed by atoms with van der Waals surface area (Å²) in [6.07, 6.45) is 3.08. The van der Waals surface area contributed by atoms with Crippen molar-refractivity contribution in [3.05, 3.63) is 78.5 Å². The number of halogens is 1. The second-order valence-corrected chi connectivity index (χ2v) is 11.0. The normalized spacial score (nSPS) is 16.2. The molecule has 0 unspecified atom stereocenters. The van der Waals surface area contributed by atoms with Crippen LogP contribution in [0.1, 0.15) is 31.0 Å². The number of amides is 3. The molecule has 45 heavy (non-hydrogen) atoms. The largest absolute Gasteiger partial charge is 0.457 e. The molecule has 0 saturated carbocycles. The van der Waals surface area contributed by atoms with Gasteiger partial charge in [0.2, 0.25) is 5.91 Å². The van der Waals surface area contributed by atoms with E-state index in [0.29, 0.717) is 40.5 Å². The number of imide groups is 1. The number of nitrogens with one attached hydrogen (secondary N) is 1. The minimum Gasteiger partial charge on any atom is -0.457 e. The van der Waals surface area contributed by atoms with E-state index in [0.717, 1.165) is 42.1 Å². The highest BCUT2D eigenvalue weighted by molar-refractivity contribution is 6.05. The van der Waals surface area contributed by atoms with E-state index in [4.69, 9.17) is 15.6 Å². The fraction of sp³-hybridized carbons (Fsp3) is 0.258. The van der Waals surface area contributed by atoms with Crippen LogP contribution in [0.2, 0.25) is 0 Å². The number of carbonyl (C=O) groups is 2. The average molecular weight is 609 g/mol. The molecule has 0 atom stereocenters. The molecule has 0 bridgehead atoms. The van der Waals surface area contributed by atoms with Gasteiger partial charge in [0.1, 0.15) is 29.3 Å². The molecule has 2 aliphatic heterocycles. The predicted octanol–water partition coefficient (Wildman–Crippen LogP) is 4.08. The first kappa shape index (κ1) is 28.3. The van der Waals surface area contributed by atoms with Crippen molar-refractivity contribution in [3.8, 4) is 22.8 Å². The van der Waals surface area contributed by atoms with Crippen LogP contribution in [0.25, 0.3) is 22.3 Å². The maximum absolute atomic E-state index is 14.9. The molecular weight excluding hydrogens is 579 g/mol. The summed E-state index contributed by atoms with van der Waals surface area (Å²) in [7, 11) is 0. The fourth-order valence-electron chi connectivity index (χ4n) is 5.73. The second-order valence-electron chi connectivity index (χ2n) is 11.0. The molecule has 2 saturated heterocycles. The summed E-state index contributed by atoms with van der Waals surface area (Å²) in [5.74, 6) is 0.570. The van der Waals surface area contributed by atoms with Gasteiger partial charge in [0.05, 0.1) is 17.1 Å². The van der Waals surface area contributed by atoms with E-state index in [2.05, 4.69) is 30.4 Å². The van der Waals surface area contributed by atoms with Crippen LogP contribution in [-0.2, 0) is 11.3 Å². The minimum atomic E-state index is -0.704. The molecule has 3 aromatic heterocycles. The Labute approximate surface area is 256 Å². The maximum Gasteiger partial charge on any atom is 0.329 e. The third kappa shape index (κ3) is 5.74. The zero-order valence-electron chi connectivity index (χ0n) is 24.1. The molecule has 3 N–H and O–H groups in total. The summed E-state index contributed by atoms with van der Waals surface area (Å²) in [5, 5.41) is 16.0. The Morgan fingerprint density at radius 2 is 1.71 bits per heavy atom. The van der Waals surface area contributed by atoms with Gasteiger partial charge in [0, 0.05) is 44.2 Å². The van der Waals surface area contributed by atoms with Crippen molar-refractivity contribution in [2.75, 3.05) is 30.3 Å². The highest BCUT2D eigenvalue weighted by atomic mass is 19.1. The number of nitrogens with two attached hydrogens (primary N) is 1. The predicted molar refractivity (Wildman–Crippen MR) is 163 cm³/mol. The van der Waals surface area contributed by atoms with Gasteiger partial charge in [-0.3, -0.25) is 19.9 Å². The number of nitrogen functional groups attached to an aromatic ring is 1. The molecule has 5 heterocycles. The highest BCUT2D eigenvalue weighted by Gasteiger charge is 2.29. The van der Waals surface area contributed by atoms with Gasteiger partial charge in [0.15, 0.2) is 17.3 Å². The van der Waals surface area contributed by atoms with Crippen molar-refractivity contribution in [3.63, 3.8) is 0 Å². The summed E-state index contributed by atoms with van der Waals surface area (Å²) < 4.78 is 22.8. The number of ether oxygens (including phenoxy) is 1. The number of piperidine rings is 1. The van der Waals surface area contributed by atoms with Crippen molar-refractivity contribution in [2.24, 2.45) is 0 Å². The topological polar surface area (TPSA) is 157 Å². The summed E-state index contributed by atoms with van der Waals surface area (Å²) in [6.45, 7) is 1.89. The Morgan fingerprint density at radius 3 is 2.44 bits per heavy atom. The number of fused-ring (bicyclic) bond motifs is 1. The van der Waals surface area contributed by atoms with Gasteiger partial charge in [-0.1, -0.05) is 18.2 Å². The maximum atomic E-state index is 14.9. The Morgan fingerprint density at radius 1 is 0.956 bits per heavy atom. The fourth-order valence-corrected chi connectivity index (χ4v) is 5.73. The van der Waals surface area contributed by atoms with Gasteiger partial charge in [-0.25, -0.2) is 23.8 Å². The number of anilines is 2. The molecule has 14 heteroatoms. The number of likely N-dealkylation sites (tertiary alicyclic amines) is 1. The Kier molecular flexibility index (Phi) is 7.47. The van der Waals surface area contributed by atoms with Crippen LogP contribution in [0, 0.1) is 5.82 Å². The molecule has 7 rings (SSSR count). The molecule has 2 aromatic carbocycles. The molecule has 0 radical (unpaired) electrons. The summed E-state index contributed by atoms with van der Waals surface area (Å²) in [5.41, 5.74) is 9.04. The highest BCUT2D eigenvalue weighted by Crippen LogP contribution is 2.35. The van der Waals surface area contributed by atoms with Gasteiger partial charge in [-0.05, 0) is 49.2 Å². The van der Waals surface area contributed by atoms with Gasteiger partial charge >= 0.3 is 6.03 Å². The van der Waals surface area contributed by atoms with E-state index in [1.165, 1.54) is 12.4 Å². The van der Waals surface area contributed by atoms with Crippen molar-refractivity contribution in [1.29, 1.82) is 0 Å². The second kappa shape index (κ2) is 11.9. The van der Waals surface area contributed by atoms with Crippen molar-refractivity contribution >= 4 is 34.6 Å². The number of para-hydroxylation sites is 1. The van der Waals surface area contributed by atoms with Gasteiger partial charge in [-0.15, -0.1) is 5.10 Å². The molecule has 228 valence electrons. The van der Waals surface area contributed by atoms with E-state index in [-0.39, 0.29) is 24.8 Å². The van der Waals surface area contributed by atoms with E-state index < -0.39 is 17.8 Å². The molecule has 0 spiro atoms. The number of urea groups is 1. The zero-order valence-corrected chi connectivity index (χ0v) is 24.1. The van der Waals surface area contributed by atoms with Gasteiger partial charge < -0.3 is 10.5 Å². The van der Waals surface area contributed by atoms with Crippen LogP contribution in [-0.4, -0.2) is 66.4 Å². The van der Waals surface area contributed by atoms with Gasteiger partial charge in [0.25, 0.3) is 0 Å². The van der Waals surface area contributed by atoms with Crippen LogP contribution in [0.5, 0.6) is 11.5 Å². The summed E-state index contributed by atoms with van der Waals surface area (Å²) >= 11 is 0. The van der Waals surface area contributed by atoms with Crippen LogP contribution in [0.15, 0.2) is 67.0 Å². The lowest BCUT2D eigenvalue weighted by Gasteiger charge is -2.32. The van der Waals surface area contributed by atoms with Crippen LogP contribution >= 0.6 is 0 Å².